The zero-order valence-corrected chi connectivity index (χ0v) is 14.9. The summed E-state index contributed by atoms with van der Waals surface area (Å²) in [5.74, 6) is 0.802. The molecule has 0 saturated heterocycles. The van der Waals surface area contributed by atoms with Crippen LogP contribution in [0.4, 0.5) is 0 Å². The van der Waals surface area contributed by atoms with Gasteiger partial charge in [-0.1, -0.05) is 0 Å². The highest BCUT2D eigenvalue weighted by molar-refractivity contribution is 6.09. The average Bonchev–Trinajstić information content (AvgIpc) is 2.60. The zero-order valence-electron chi connectivity index (χ0n) is 14.9. The normalized spacial score (nSPS) is 10.2. The second kappa shape index (κ2) is 8.33. The number of methoxy groups -OCH3 is 1. The Hall–Kier alpha value is -2.82. The van der Waals surface area contributed by atoms with Crippen LogP contribution in [-0.2, 0) is 9.53 Å². The molecular formula is C20H22O5. The monoisotopic (exact) mass is 342 g/mol. The van der Waals surface area contributed by atoms with Gasteiger partial charge in [0.05, 0.1) is 13.7 Å². The van der Waals surface area contributed by atoms with Crippen LogP contribution in [0.5, 0.6) is 11.5 Å². The molecule has 0 heterocycles. The number of hydrogen-bond acceptors (Lipinski definition) is 5. The molecule has 2 rings (SSSR count). The first-order chi connectivity index (χ1) is 12.0. The molecule has 0 atom stereocenters. The second-order valence-corrected chi connectivity index (χ2v) is 5.59. The van der Waals surface area contributed by atoms with Crippen molar-refractivity contribution in [2.24, 2.45) is 0 Å². The molecule has 0 spiro atoms. The molecule has 2 aromatic rings. The summed E-state index contributed by atoms with van der Waals surface area (Å²) < 4.78 is 15.5. The number of aryl methyl sites for hydroxylation is 2. The van der Waals surface area contributed by atoms with Crippen molar-refractivity contribution in [2.75, 3.05) is 20.3 Å². The molecule has 0 bridgehead atoms. The maximum Gasteiger partial charge on any atom is 0.344 e. The Kier molecular flexibility index (Phi) is 6.17. The highest BCUT2D eigenvalue weighted by Crippen LogP contribution is 2.26. The van der Waals surface area contributed by atoms with E-state index in [0.29, 0.717) is 29.2 Å². The molecule has 0 fully saturated rings. The number of benzene rings is 2. The highest BCUT2D eigenvalue weighted by Gasteiger charge is 2.15. The second-order valence-electron chi connectivity index (χ2n) is 5.59. The van der Waals surface area contributed by atoms with Gasteiger partial charge in [0.2, 0.25) is 0 Å². The van der Waals surface area contributed by atoms with Crippen LogP contribution in [0.25, 0.3) is 0 Å². The third-order valence-electron chi connectivity index (χ3n) is 3.71. The largest absolute Gasteiger partial charge is 0.497 e. The fraction of sp³-hybridized carbons (Fsp3) is 0.300. The van der Waals surface area contributed by atoms with Crippen LogP contribution in [0.3, 0.4) is 0 Å². The predicted octanol–water partition coefficient (Wildman–Crippen LogP) is 3.48. The van der Waals surface area contributed by atoms with Gasteiger partial charge in [-0.15, -0.1) is 0 Å². The minimum Gasteiger partial charge on any atom is -0.497 e. The summed E-state index contributed by atoms with van der Waals surface area (Å²) in [7, 11) is 1.58. The van der Waals surface area contributed by atoms with Crippen molar-refractivity contribution in [1.82, 2.24) is 0 Å². The van der Waals surface area contributed by atoms with E-state index < -0.39 is 5.97 Å². The molecule has 0 aliphatic heterocycles. The molecule has 0 aromatic heterocycles. The summed E-state index contributed by atoms with van der Waals surface area (Å²) >= 11 is 0. The quantitative estimate of drug-likeness (QED) is 0.569. The van der Waals surface area contributed by atoms with E-state index in [0.717, 1.165) is 11.1 Å². The minimum absolute atomic E-state index is 0.0780. The molecule has 0 aliphatic rings. The van der Waals surface area contributed by atoms with E-state index in [2.05, 4.69) is 0 Å². The first kappa shape index (κ1) is 18.5. The van der Waals surface area contributed by atoms with Gasteiger partial charge in [-0.3, -0.25) is 4.79 Å². The lowest BCUT2D eigenvalue weighted by atomic mass is 9.98. The first-order valence-electron chi connectivity index (χ1n) is 8.04. The van der Waals surface area contributed by atoms with Crippen LogP contribution >= 0.6 is 0 Å². The number of ketones is 1. The molecule has 0 N–H and O–H groups in total. The van der Waals surface area contributed by atoms with E-state index in [9.17, 15) is 9.59 Å². The minimum atomic E-state index is -0.417. The molecule has 25 heavy (non-hydrogen) atoms. The van der Waals surface area contributed by atoms with Gasteiger partial charge in [0.25, 0.3) is 0 Å². The van der Waals surface area contributed by atoms with Crippen LogP contribution in [-0.4, -0.2) is 32.1 Å². The number of esters is 1. The molecule has 0 unspecified atom stereocenters. The van der Waals surface area contributed by atoms with Gasteiger partial charge in [-0.2, -0.15) is 0 Å². The molecular weight excluding hydrogens is 320 g/mol. The van der Waals surface area contributed by atoms with Gasteiger partial charge < -0.3 is 14.2 Å². The first-order valence-corrected chi connectivity index (χ1v) is 8.04. The molecule has 0 aliphatic carbocycles. The third kappa shape index (κ3) is 4.59. The third-order valence-corrected chi connectivity index (χ3v) is 3.71. The summed E-state index contributed by atoms with van der Waals surface area (Å²) in [6.07, 6.45) is 0. The van der Waals surface area contributed by atoms with Gasteiger partial charge >= 0.3 is 5.97 Å². The van der Waals surface area contributed by atoms with Crippen molar-refractivity contribution in [3.05, 3.63) is 58.7 Å². The summed E-state index contributed by atoms with van der Waals surface area (Å²) in [4.78, 5) is 24.1. The summed E-state index contributed by atoms with van der Waals surface area (Å²) in [6, 6.07) is 10.5. The van der Waals surface area contributed by atoms with Crippen molar-refractivity contribution in [1.29, 1.82) is 0 Å². The standard InChI is InChI=1S/C20H22O5/c1-5-24-18(21)12-25-20-13(2)10-16(11-14(20)3)19(22)15-6-8-17(23-4)9-7-15/h6-11H,5,12H2,1-4H3. The number of ether oxygens (including phenoxy) is 3. The zero-order chi connectivity index (χ0) is 18.4. The Bertz CT molecular complexity index is 739. The van der Waals surface area contributed by atoms with Gasteiger partial charge in [0, 0.05) is 11.1 Å². The Morgan fingerprint density at radius 2 is 1.56 bits per heavy atom. The molecule has 0 radical (unpaired) electrons. The van der Waals surface area contributed by atoms with Crippen molar-refractivity contribution in [3.8, 4) is 11.5 Å². The number of hydrogen-bond donors (Lipinski definition) is 0. The van der Waals surface area contributed by atoms with E-state index in [-0.39, 0.29) is 12.4 Å². The van der Waals surface area contributed by atoms with Crippen LogP contribution in [0, 0.1) is 13.8 Å². The highest BCUT2D eigenvalue weighted by atomic mass is 16.6. The van der Waals surface area contributed by atoms with Crippen LogP contribution in [0.1, 0.15) is 34.0 Å². The molecule has 5 heteroatoms. The van der Waals surface area contributed by atoms with E-state index >= 15 is 0 Å². The van der Waals surface area contributed by atoms with Crippen molar-refractivity contribution in [2.45, 2.75) is 20.8 Å². The summed E-state index contributed by atoms with van der Waals surface area (Å²) in [6.45, 7) is 5.60. The smallest absolute Gasteiger partial charge is 0.344 e. The lowest BCUT2D eigenvalue weighted by Crippen LogP contribution is -2.15. The van der Waals surface area contributed by atoms with Crippen molar-refractivity contribution in [3.63, 3.8) is 0 Å². The maximum atomic E-state index is 12.7. The van der Waals surface area contributed by atoms with Crippen molar-refractivity contribution < 1.29 is 23.8 Å². The Morgan fingerprint density at radius 3 is 2.08 bits per heavy atom. The van der Waals surface area contributed by atoms with E-state index in [4.69, 9.17) is 14.2 Å². The fourth-order valence-corrected chi connectivity index (χ4v) is 2.55. The lowest BCUT2D eigenvalue weighted by molar-refractivity contribution is -0.145. The Balaban J connectivity index is 2.20. The van der Waals surface area contributed by atoms with Gasteiger partial charge in [-0.05, 0) is 68.3 Å². The van der Waals surface area contributed by atoms with E-state index in [1.165, 1.54) is 0 Å². The lowest BCUT2D eigenvalue weighted by Gasteiger charge is -2.13. The number of carbonyl (C=O) groups is 2. The van der Waals surface area contributed by atoms with Gasteiger partial charge in [-0.25, -0.2) is 4.79 Å². The van der Waals surface area contributed by atoms with Crippen LogP contribution < -0.4 is 9.47 Å². The number of carbonyl (C=O) groups excluding carboxylic acids is 2. The summed E-state index contributed by atoms with van der Waals surface area (Å²) in [5, 5.41) is 0. The average molecular weight is 342 g/mol. The topological polar surface area (TPSA) is 61.8 Å². The number of rotatable bonds is 7. The summed E-state index contributed by atoms with van der Waals surface area (Å²) in [5.41, 5.74) is 2.74. The SMILES string of the molecule is CCOC(=O)COc1c(C)cc(C(=O)c2ccc(OC)cc2)cc1C. The van der Waals surface area contributed by atoms with Gasteiger partial charge in [0.15, 0.2) is 12.4 Å². The molecule has 5 nitrogen and oxygen atoms in total. The molecule has 0 saturated carbocycles. The predicted molar refractivity (Wildman–Crippen MR) is 94.5 cm³/mol. The molecule has 0 amide bonds. The Morgan fingerprint density at radius 1 is 0.960 bits per heavy atom. The molecule has 2 aromatic carbocycles. The van der Waals surface area contributed by atoms with Crippen LogP contribution in [0.2, 0.25) is 0 Å². The van der Waals surface area contributed by atoms with Gasteiger partial charge in [0.1, 0.15) is 11.5 Å². The van der Waals surface area contributed by atoms with Crippen molar-refractivity contribution >= 4 is 11.8 Å². The molecule has 132 valence electrons. The fourth-order valence-electron chi connectivity index (χ4n) is 2.55. The van der Waals surface area contributed by atoms with E-state index in [1.54, 1.807) is 50.4 Å². The van der Waals surface area contributed by atoms with E-state index in [1.807, 2.05) is 13.8 Å². The maximum absolute atomic E-state index is 12.7. The van der Waals surface area contributed by atoms with Crippen LogP contribution in [0.15, 0.2) is 36.4 Å². The Labute approximate surface area is 147 Å².